The van der Waals surface area contributed by atoms with Gasteiger partial charge in [-0.15, -0.1) is 0 Å². The minimum absolute atomic E-state index is 0.760. The molecule has 1 fully saturated rings. The van der Waals surface area contributed by atoms with Crippen LogP contribution in [0.25, 0.3) is 0 Å². The van der Waals surface area contributed by atoms with Crippen LogP contribution in [0.4, 0.5) is 0 Å². The van der Waals surface area contributed by atoms with Crippen molar-refractivity contribution in [1.82, 2.24) is 4.90 Å². The van der Waals surface area contributed by atoms with Crippen LogP contribution in [-0.4, -0.2) is 30.6 Å². The molecule has 12 heavy (non-hydrogen) atoms. The summed E-state index contributed by atoms with van der Waals surface area (Å²) >= 11 is 0. The minimum atomic E-state index is 0.760. The Morgan fingerprint density at radius 1 is 1.25 bits per heavy atom. The predicted molar refractivity (Wildman–Crippen MR) is 53.2 cm³/mol. The van der Waals surface area contributed by atoms with Gasteiger partial charge in [-0.05, 0) is 45.3 Å². The van der Waals surface area contributed by atoms with Crippen molar-refractivity contribution in [1.29, 1.82) is 0 Å². The van der Waals surface area contributed by atoms with E-state index >= 15 is 0 Å². The fourth-order valence-corrected chi connectivity index (χ4v) is 2.12. The Morgan fingerprint density at radius 3 is 2.42 bits per heavy atom. The second kappa shape index (κ2) is 5.55. The van der Waals surface area contributed by atoms with Crippen LogP contribution in [0.1, 0.15) is 39.0 Å². The average Bonchev–Trinajstić information content (AvgIpc) is 2.15. The Labute approximate surface area is 76.1 Å². The number of rotatable bonds is 4. The van der Waals surface area contributed by atoms with Crippen LogP contribution in [-0.2, 0) is 0 Å². The van der Waals surface area contributed by atoms with E-state index in [9.17, 15) is 0 Å². The molecular weight excluding hydrogens is 148 g/mol. The fourth-order valence-electron chi connectivity index (χ4n) is 2.12. The first-order valence-electron chi connectivity index (χ1n) is 5.32. The molecule has 1 saturated heterocycles. The van der Waals surface area contributed by atoms with Crippen molar-refractivity contribution in [3.05, 3.63) is 0 Å². The molecule has 1 aliphatic heterocycles. The van der Waals surface area contributed by atoms with E-state index in [1.807, 2.05) is 0 Å². The lowest BCUT2D eigenvalue weighted by atomic mass is 10.0. The topological polar surface area (TPSA) is 29.3 Å². The average molecular weight is 170 g/mol. The van der Waals surface area contributed by atoms with E-state index in [-0.39, 0.29) is 0 Å². The maximum absolute atomic E-state index is 5.58. The summed E-state index contributed by atoms with van der Waals surface area (Å²) in [6, 6.07) is 0.760. The molecule has 0 radical (unpaired) electrons. The van der Waals surface area contributed by atoms with Crippen molar-refractivity contribution >= 4 is 0 Å². The summed E-state index contributed by atoms with van der Waals surface area (Å²) in [6.45, 7) is 5.72. The Morgan fingerprint density at radius 2 is 1.92 bits per heavy atom. The molecule has 0 aliphatic carbocycles. The number of piperidine rings is 1. The lowest BCUT2D eigenvalue weighted by Gasteiger charge is -2.33. The molecule has 0 saturated carbocycles. The lowest BCUT2D eigenvalue weighted by molar-refractivity contribution is 0.153. The quantitative estimate of drug-likeness (QED) is 0.694. The molecule has 72 valence electrons. The monoisotopic (exact) mass is 170 g/mol. The van der Waals surface area contributed by atoms with Crippen LogP contribution < -0.4 is 5.73 Å². The molecule has 0 aromatic carbocycles. The van der Waals surface area contributed by atoms with Crippen LogP contribution in [0, 0.1) is 0 Å². The summed E-state index contributed by atoms with van der Waals surface area (Å²) in [6.07, 6.45) is 6.64. The molecule has 1 rings (SSSR count). The molecule has 2 heteroatoms. The Bertz CT molecular complexity index is 106. The first-order valence-corrected chi connectivity index (χ1v) is 5.32. The van der Waals surface area contributed by atoms with E-state index in [0.717, 1.165) is 12.6 Å². The van der Waals surface area contributed by atoms with E-state index in [1.165, 1.54) is 45.2 Å². The first-order chi connectivity index (χ1) is 5.88. The fraction of sp³-hybridized carbons (Fsp3) is 1.00. The van der Waals surface area contributed by atoms with Gasteiger partial charge in [-0.25, -0.2) is 0 Å². The highest BCUT2D eigenvalue weighted by Gasteiger charge is 2.17. The second-order valence-electron chi connectivity index (χ2n) is 3.74. The summed E-state index contributed by atoms with van der Waals surface area (Å²) in [5, 5.41) is 0. The lowest BCUT2D eigenvalue weighted by Crippen LogP contribution is -2.39. The van der Waals surface area contributed by atoms with Gasteiger partial charge in [0.25, 0.3) is 0 Å². The third-order valence-corrected chi connectivity index (χ3v) is 2.88. The van der Waals surface area contributed by atoms with Gasteiger partial charge in [0.1, 0.15) is 0 Å². The van der Waals surface area contributed by atoms with E-state index in [4.69, 9.17) is 5.73 Å². The number of hydrogen-bond acceptors (Lipinski definition) is 2. The van der Waals surface area contributed by atoms with Crippen molar-refractivity contribution < 1.29 is 0 Å². The molecule has 0 aromatic rings. The summed E-state index contributed by atoms with van der Waals surface area (Å²) in [5.41, 5.74) is 5.58. The normalized spacial score (nSPS) is 22.5. The molecule has 2 nitrogen and oxygen atoms in total. The molecule has 2 N–H and O–H groups in total. The molecular formula is C10H22N2. The Balaban J connectivity index is 2.29. The summed E-state index contributed by atoms with van der Waals surface area (Å²) in [7, 11) is 0. The SMILES string of the molecule is CC[C@@H](CCN)N1CCCCC1. The Hall–Kier alpha value is -0.0800. The third kappa shape index (κ3) is 2.76. The van der Waals surface area contributed by atoms with Gasteiger partial charge in [-0.2, -0.15) is 0 Å². The van der Waals surface area contributed by atoms with Gasteiger partial charge in [0.2, 0.25) is 0 Å². The Kier molecular flexibility index (Phi) is 4.62. The summed E-state index contributed by atoms with van der Waals surface area (Å²) in [4.78, 5) is 2.62. The number of nitrogens with two attached hydrogens (primary N) is 1. The van der Waals surface area contributed by atoms with E-state index in [2.05, 4.69) is 11.8 Å². The van der Waals surface area contributed by atoms with Crippen LogP contribution in [0.3, 0.4) is 0 Å². The number of likely N-dealkylation sites (tertiary alicyclic amines) is 1. The number of hydrogen-bond donors (Lipinski definition) is 1. The van der Waals surface area contributed by atoms with Crippen LogP contribution in [0.2, 0.25) is 0 Å². The highest BCUT2D eigenvalue weighted by Crippen LogP contribution is 2.15. The van der Waals surface area contributed by atoms with Crippen molar-refractivity contribution in [3.63, 3.8) is 0 Å². The van der Waals surface area contributed by atoms with Crippen LogP contribution in [0.15, 0.2) is 0 Å². The summed E-state index contributed by atoms with van der Waals surface area (Å²) in [5.74, 6) is 0. The molecule has 0 amide bonds. The molecule has 0 spiro atoms. The number of nitrogens with zero attached hydrogens (tertiary/aromatic N) is 1. The van der Waals surface area contributed by atoms with Gasteiger partial charge < -0.3 is 10.6 Å². The minimum Gasteiger partial charge on any atom is -0.330 e. The van der Waals surface area contributed by atoms with Gasteiger partial charge in [0, 0.05) is 6.04 Å². The summed E-state index contributed by atoms with van der Waals surface area (Å²) < 4.78 is 0. The zero-order valence-electron chi connectivity index (χ0n) is 8.26. The third-order valence-electron chi connectivity index (χ3n) is 2.88. The van der Waals surface area contributed by atoms with E-state index in [1.54, 1.807) is 0 Å². The standard InChI is InChI=1S/C10H22N2/c1-2-10(6-7-11)12-8-4-3-5-9-12/h10H,2-9,11H2,1H3/t10-/m0/s1. The molecule has 1 aliphatic rings. The first kappa shape index (κ1) is 10.0. The van der Waals surface area contributed by atoms with Crippen molar-refractivity contribution in [2.45, 2.75) is 45.1 Å². The molecule has 0 unspecified atom stereocenters. The van der Waals surface area contributed by atoms with Crippen LogP contribution >= 0.6 is 0 Å². The highest BCUT2D eigenvalue weighted by molar-refractivity contribution is 4.73. The maximum atomic E-state index is 5.58. The molecule has 0 bridgehead atoms. The highest BCUT2D eigenvalue weighted by atomic mass is 15.2. The van der Waals surface area contributed by atoms with E-state index in [0.29, 0.717) is 0 Å². The second-order valence-corrected chi connectivity index (χ2v) is 3.74. The maximum Gasteiger partial charge on any atom is 0.0105 e. The van der Waals surface area contributed by atoms with Crippen LogP contribution in [0.5, 0.6) is 0 Å². The van der Waals surface area contributed by atoms with Gasteiger partial charge >= 0.3 is 0 Å². The molecule has 1 heterocycles. The van der Waals surface area contributed by atoms with Gasteiger partial charge in [0.05, 0.1) is 0 Å². The van der Waals surface area contributed by atoms with Gasteiger partial charge in [0.15, 0.2) is 0 Å². The van der Waals surface area contributed by atoms with Gasteiger partial charge in [-0.3, -0.25) is 0 Å². The molecule has 1 atom stereocenters. The van der Waals surface area contributed by atoms with Gasteiger partial charge in [-0.1, -0.05) is 13.3 Å². The molecule has 0 aromatic heterocycles. The largest absolute Gasteiger partial charge is 0.330 e. The van der Waals surface area contributed by atoms with Crippen molar-refractivity contribution in [2.24, 2.45) is 5.73 Å². The zero-order chi connectivity index (χ0) is 8.81. The zero-order valence-corrected chi connectivity index (χ0v) is 8.26. The predicted octanol–water partition coefficient (Wildman–Crippen LogP) is 1.60. The van der Waals surface area contributed by atoms with Crippen molar-refractivity contribution in [3.8, 4) is 0 Å². The van der Waals surface area contributed by atoms with E-state index < -0.39 is 0 Å². The smallest absolute Gasteiger partial charge is 0.0105 e. The van der Waals surface area contributed by atoms with Crippen molar-refractivity contribution in [2.75, 3.05) is 19.6 Å².